The van der Waals surface area contributed by atoms with Gasteiger partial charge in [-0.3, -0.25) is 0 Å². The van der Waals surface area contributed by atoms with Gasteiger partial charge in [0, 0.05) is 42.9 Å². The largest absolute Gasteiger partial charge is 0.395 e. The molecule has 0 fully saturated rings. The Labute approximate surface area is 662 Å². The summed E-state index contributed by atoms with van der Waals surface area (Å²) in [6, 6.07) is 74.5. The third-order valence-corrected chi connectivity index (χ3v) is 24.3. The van der Waals surface area contributed by atoms with Crippen molar-refractivity contribution in [2.45, 2.75) is 97.1 Å². The Balaban J connectivity index is 0.000000138. The summed E-state index contributed by atoms with van der Waals surface area (Å²) in [7, 11) is -6.33. The van der Waals surface area contributed by atoms with Gasteiger partial charge in [-0.05, 0) is 185 Å². The van der Waals surface area contributed by atoms with Gasteiger partial charge in [0.25, 0.3) is 0 Å². The number of hydrogen-bond acceptors (Lipinski definition) is 15. The number of hydrogen-bond donors (Lipinski definition) is 5. The molecule has 0 bridgehead atoms. The first-order valence-corrected chi connectivity index (χ1v) is 45.2. The van der Waals surface area contributed by atoms with Crippen molar-refractivity contribution in [1.82, 2.24) is 58.1 Å². The van der Waals surface area contributed by atoms with E-state index in [0.29, 0.717) is 70.2 Å². The van der Waals surface area contributed by atoms with Gasteiger partial charge in [0.2, 0.25) is 29.5 Å². The molecule has 17 aromatic rings. The maximum absolute atomic E-state index is 14.1. The van der Waals surface area contributed by atoms with E-state index in [-0.39, 0.29) is 49.1 Å². The maximum Gasteiger partial charge on any atom is 0.206 e. The van der Waals surface area contributed by atoms with Crippen LogP contribution in [0.3, 0.4) is 0 Å². The second kappa shape index (κ2) is 32.5. The number of H-pyrrole nitrogens is 2. The van der Waals surface area contributed by atoms with Crippen molar-refractivity contribution in [1.29, 1.82) is 0 Å². The number of aromatic amines is 2. The molecule has 0 spiro atoms. The second-order valence-corrected chi connectivity index (χ2v) is 40.0. The van der Waals surface area contributed by atoms with E-state index in [2.05, 4.69) is 112 Å². The highest BCUT2D eigenvalue weighted by atomic mass is 127. The van der Waals surface area contributed by atoms with Crippen LogP contribution in [-0.4, -0.2) is 114 Å². The number of nitrogens with one attached hydrogen (secondary N) is 2. The van der Waals surface area contributed by atoms with E-state index in [1.165, 1.54) is 0 Å². The zero-order valence-corrected chi connectivity index (χ0v) is 67.6. The number of nitrogens with zero attached hydrogens (tertiary/aromatic N) is 10. The van der Waals surface area contributed by atoms with Gasteiger partial charge in [-0.2, -0.15) is 12.2 Å². The van der Waals surface area contributed by atoms with Crippen molar-refractivity contribution in [3.05, 3.63) is 288 Å². The van der Waals surface area contributed by atoms with Crippen molar-refractivity contribution in [2.24, 2.45) is 0 Å². The molecule has 0 saturated heterocycles. The van der Waals surface area contributed by atoms with Crippen molar-refractivity contribution < 1.29 is 35.5 Å². The van der Waals surface area contributed by atoms with Gasteiger partial charge in [-0.15, -0.1) is 0 Å². The molecule has 17 rings (SSSR count). The molecule has 558 valence electrons. The summed E-state index contributed by atoms with van der Waals surface area (Å²) >= 11 is 5.85. The number of fused-ring (bicyclic) bond motifs is 6. The lowest BCUT2D eigenvalue weighted by atomic mass is 10.1. The fraction of sp³-hybridized carbons (Fsp3) is 0.143. The van der Waals surface area contributed by atoms with Gasteiger partial charge >= 0.3 is 0 Å². The normalized spacial score (nSPS) is 12.1. The van der Waals surface area contributed by atoms with Gasteiger partial charge in [-0.1, -0.05) is 154 Å². The number of aliphatic hydroxyl groups excluding tert-OH is 2. The Kier molecular flexibility index (Phi) is 22.6. The Bertz CT molecular complexity index is 6720. The molecule has 6 aromatic heterocycles. The fourth-order valence-corrected chi connectivity index (χ4v) is 17.6. The fourth-order valence-electron chi connectivity index (χ4n) is 13.7. The number of benzene rings is 11. The number of sulfone groups is 3. The molecular weight excluding hydrogens is 1600 g/mol. The van der Waals surface area contributed by atoms with E-state index in [4.69, 9.17) is 22.5 Å². The highest BCUT2D eigenvalue weighted by Crippen LogP contribution is 2.43. The van der Waals surface area contributed by atoms with Gasteiger partial charge in [-0.25, -0.2) is 55.2 Å². The molecule has 6 heterocycles. The third-order valence-electron chi connectivity index (χ3n) is 19.0. The molecule has 4 N–H and O–H groups in total. The van der Waals surface area contributed by atoms with Crippen LogP contribution in [0.1, 0.15) is 45.3 Å². The standard InChI is InChI=1S/C36H30N4O2S.C26H26N4O4S.C22H18N4O2S.BHIPS/c1-25-10-9-15-29(20-25)36-38-33-19-17-31(22-35(33)40(36)24-28-13-7-4-8-14-28)43(41,42)30-16-18-32-34(21-30)39(26(2)37-32)23-27-11-5-3-6-12-27;1-17-4-3-5-19(14-17)26-28-23-9-7-21(16-25(23)30(26)11-13-32)35(33,34)20-6-8-22-24(15-20)29(10-12-31)18(2)27-22;1-13-4-3-5-15(10-13)22-25-19-9-7-17(12-21(19)26-22)29(27,28)16-6-8-18-20(11-16)24-14(2)23-18;1-3(2)4/h3-22H,23-24H2,1-2H3;3-9,14-16,31-32H,10-13H2,1-2H3;3-12H,1-2H3,(H,23,24)(H,25,26);4H. The summed E-state index contributed by atoms with van der Waals surface area (Å²) in [6.07, 6.45) is 0. The van der Waals surface area contributed by atoms with Crippen LogP contribution in [0.2, 0.25) is 0 Å². The van der Waals surface area contributed by atoms with Crippen molar-refractivity contribution >= 4 is 142 Å². The van der Waals surface area contributed by atoms with Crippen LogP contribution in [0.4, 0.5) is 0 Å². The number of rotatable bonds is 17. The Hall–Kier alpha value is -10.4. The molecule has 0 aliphatic carbocycles. The Morgan fingerprint density at radius 2 is 0.721 bits per heavy atom. The van der Waals surface area contributed by atoms with Crippen LogP contribution in [0.15, 0.2) is 272 Å². The van der Waals surface area contributed by atoms with E-state index in [0.717, 1.165) is 95.1 Å². The van der Waals surface area contributed by atoms with Crippen molar-refractivity contribution in [3.63, 3.8) is 0 Å². The van der Waals surface area contributed by atoms with Crippen molar-refractivity contribution in [2.75, 3.05) is 13.2 Å². The molecule has 0 aliphatic heterocycles. The highest BCUT2D eigenvalue weighted by molar-refractivity contribution is 14.2. The van der Waals surface area contributed by atoms with Crippen LogP contribution in [0.25, 0.3) is 100 Å². The van der Waals surface area contributed by atoms with Crippen LogP contribution in [0.5, 0.6) is 0 Å². The maximum atomic E-state index is 14.1. The minimum Gasteiger partial charge on any atom is -0.395 e. The molecule has 0 saturated carbocycles. The molecule has 0 amide bonds. The zero-order valence-electron chi connectivity index (χ0n) is 61.2. The van der Waals surface area contributed by atoms with Crippen LogP contribution in [0, 0.1) is 41.5 Å². The number of thiol groups is 1. The SMILES string of the molecule is Cc1cccc(-c2nc3ccc(S(=O)(=O)c4ccc5nc(C)[nH]c5c4)cc3[nH]2)c1.Cc1cccc(-c2nc3ccc(S(=O)(=O)c4ccc5nc(C)n(CCO)c5c4)cc3n2CCO)c1.Cc1cccc(-c2nc3ccc(S(=O)(=O)c4ccc5nc(C)n(Cc6ccccc6)c5c4)cc3n2Cc2ccccc2)c1.[B]P(S)I. The van der Waals surface area contributed by atoms with Crippen LogP contribution < -0.4 is 0 Å². The molecular formula is C84H75BIN12O8PS4. The molecule has 1 atom stereocenters. The predicted molar refractivity (Wildman–Crippen MR) is 453 cm³/mol. The topological polar surface area (TPSA) is 272 Å². The van der Waals surface area contributed by atoms with Gasteiger partial charge in [0.1, 0.15) is 42.5 Å². The predicted octanol–water partition coefficient (Wildman–Crippen LogP) is 17.4. The molecule has 1 unspecified atom stereocenters. The summed E-state index contributed by atoms with van der Waals surface area (Å²) in [5.74, 6) is 4.49. The number of halogens is 1. The average molecular weight is 1680 g/mol. The Morgan fingerprint density at radius 3 is 1.17 bits per heavy atom. The monoisotopic (exact) mass is 1680 g/mol. The van der Waals surface area contributed by atoms with Crippen LogP contribution in [-0.2, 0) is 55.7 Å². The molecule has 27 heteroatoms. The number of imidazole rings is 6. The van der Waals surface area contributed by atoms with E-state index in [1.807, 2.05) is 147 Å². The number of aliphatic hydroxyl groups is 2. The highest BCUT2D eigenvalue weighted by Gasteiger charge is 2.27. The summed E-state index contributed by atoms with van der Waals surface area (Å²) in [4.78, 5) is 35.3. The summed E-state index contributed by atoms with van der Waals surface area (Å²) in [6.45, 7) is 13.3. The van der Waals surface area contributed by atoms with Gasteiger partial charge in [0.15, 0.2) is 0 Å². The number of aromatic nitrogens is 12. The van der Waals surface area contributed by atoms with Gasteiger partial charge in [0.05, 0.1) is 109 Å². The first-order valence-electron chi connectivity index (χ1n) is 35.4. The first-order chi connectivity index (χ1) is 53.3. The lowest BCUT2D eigenvalue weighted by Crippen LogP contribution is -2.07. The van der Waals surface area contributed by atoms with E-state index >= 15 is 0 Å². The minimum atomic E-state index is -3.85. The van der Waals surface area contributed by atoms with E-state index in [1.54, 1.807) is 103 Å². The molecule has 0 aliphatic rings. The molecule has 2 radical (unpaired) electrons. The lowest BCUT2D eigenvalue weighted by molar-refractivity contribution is 0.276. The summed E-state index contributed by atoms with van der Waals surface area (Å²) in [5, 5.41) is 19.1. The minimum absolute atomic E-state index is 0.0714. The molecule has 20 nitrogen and oxygen atoms in total. The Morgan fingerprint density at radius 1 is 0.378 bits per heavy atom. The summed E-state index contributed by atoms with van der Waals surface area (Å²) < 4.78 is 89.3. The molecule has 11 aromatic carbocycles. The number of aryl methyl sites for hydroxylation is 6. The zero-order chi connectivity index (χ0) is 78.0. The third kappa shape index (κ3) is 16.5. The molecule has 111 heavy (non-hydrogen) atoms. The van der Waals surface area contributed by atoms with Crippen LogP contribution >= 0.6 is 38.9 Å². The summed E-state index contributed by atoms with van der Waals surface area (Å²) in [5.41, 5.74) is 17.0. The first kappa shape index (κ1) is 77.3. The average Bonchev–Trinajstić information content (AvgIpc) is 1.64. The van der Waals surface area contributed by atoms with Crippen molar-refractivity contribution in [3.8, 4) is 34.2 Å². The van der Waals surface area contributed by atoms with E-state index < -0.39 is 34.2 Å². The second-order valence-electron chi connectivity index (χ2n) is 26.9. The van der Waals surface area contributed by atoms with Gasteiger partial charge < -0.3 is 38.4 Å². The quantitative estimate of drug-likeness (QED) is 0.0246. The smallest absolute Gasteiger partial charge is 0.206 e. The lowest BCUT2D eigenvalue weighted by Gasteiger charge is -2.11. The van der Waals surface area contributed by atoms with E-state index in [9.17, 15) is 35.5 Å².